The number of nitrogens with zero attached hydrogens (tertiary/aromatic N) is 3. The number of aromatic hydroxyl groups is 1. The Morgan fingerprint density at radius 1 is 0.689 bits per heavy atom. The molecule has 2 aromatic rings. The lowest BCUT2D eigenvalue weighted by atomic mass is 9.73. The van der Waals surface area contributed by atoms with Gasteiger partial charge in [-0.15, -0.1) is 0 Å². The Bertz CT molecular complexity index is 1570. The van der Waals surface area contributed by atoms with Crippen LogP contribution in [-0.2, 0) is 25.8 Å². The standard InChI is InChI=1S/C23H33O4P.C12H13N3O2/c1-21(2,3)17-13-15(9-11-19(17)24)23(7,8)16-10-12-20(27-28(25)26)18(14-16)22(4,5)6;16-9-7-8(13-1-2-13)12(17)11(15-5-6-15)10(9)14-3-4-14/h9-14,24-26H,1-8H3;7H,1-6H2. The Kier molecular flexibility index (Phi) is 8.62. The summed E-state index contributed by atoms with van der Waals surface area (Å²) in [6.07, 6.45) is 1.52. The fourth-order valence-corrected chi connectivity index (χ4v) is 5.98. The van der Waals surface area contributed by atoms with Crippen LogP contribution in [0.15, 0.2) is 59.6 Å². The largest absolute Gasteiger partial charge is 0.508 e. The fourth-order valence-electron chi connectivity index (χ4n) is 5.64. The summed E-state index contributed by atoms with van der Waals surface area (Å²) in [4.78, 5) is 49.1. The van der Waals surface area contributed by atoms with Gasteiger partial charge in [0.25, 0.3) is 0 Å². The van der Waals surface area contributed by atoms with E-state index in [-0.39, 0.29) is 27.8 Å². The fraction of sp³-hybridized carbons (Fsp3) is 0.486. The molecule has 3 fully saturated rings. The smallest absolute Gasteiger partial charge is 0.391 e. The third kappa shape index (κ3) is 7.21. The number of Topliss-reactive ketones (excluding diaryl/α,β-unsaturated/α-hetero) is 1. The monoisotopic (exact) mass is 635 g/mol. The first kappa shape index (κ1) is 33.0. The van der Waals surface area contributed by atoms with Gasteiger partial charge in [0.1, 0.15) is 22.9 Å². The Labute approximate surface area is 267 Å². The van der Waals surface area contributed by atoms with Gasteiger partial charge in [-0.2, -0.15) is 0 Å². The molecule has 0 radical (unpaired) electrons. The van der Waals surface area contributed by atoms with E-state index in [1.807, 2.05) is 32.9 Å². The molecular formula is C35H46N3O6P. The van der Waals surface area contributed by atoms with Crippen LogP contribution in [0.5, 0.6) is 11.5 Å². The highest BCUT2D eigenvalue weighted by Crippen LogP contribution is 2.43. The first-order valence-electron chi connectivity index (χ1n) is 15.5. The third-order valence-corrected chi connectivity index (χ3v) is 9.06. The lowest BCUT2D eigenvalue weighted by molar-refractivity contribution is -0.117. The minimum Gasteiger partial charge on any atom is -0.508 e. The molecule has 45 heavy (non-hydrogen) atoms. The Morgan fingerprint density at radius 3 is 1.67 bits per heavy atom. The summed E-state index contributed by atoms with van der Waals surface area (Å²) < 4.78 is 5.27. The van der Waals surface area contributed by atoms with Crippen molar-refractivity contribution in [3.63, 3.8) is 0 Å². The van der Waals surface area contributed by atoms with Gasteiger partial charge in [0.15, 0.2) is 0 Å². The van der Waals surface area contributed by atoms with E-state index in [1.54, 1.807) is 6.07 Å². The molecule has 9 nitrogen and oxygen atoms in total. The molecule has 3 heterocycles. The first-order valence-corrected chi connectivity index (χ1v) is 16.7. The van der Waals surface area contributed by atoms with Gasteiger partial charge >= 0.3 is 8.60 Å². The third-order valence-electron chi connectivity index (χ3n) is 8.70. The number of ketones is 2. The van der Waals surface area contributed by atoms with Crippen LogP contribution < -0.4 is 4.52 Å². The van der Waals surface area contributed by atoms with Crippen LogP contribution in [0.4, 0.5) is 0 Å². The van der Waals surface area contributed by atoms with Crippen molar-refractivity contribution in [2.24, 2.45) is 0 Å². The number of rotatable bonds is 7. The predicted molar refractivity (Wildman–Crippen MR) is 176 cm³/mol. The van der Waals surface area contributed by atoms with Crippen LogP contribution >= 0.6 is 8.60 Å². The van der Waals surface area contributed by atoms with Crippen molar-refractivity contribution in [2.45, 2.75) is 71.6 Å². The number of carbonyl (C=O) groups is 2. The first-order chi connectivity index (χ1) is 20.9. The van der Waals surface area contributed by atoms with Gasteiger partial charge in [0.2, 0.25) is 11.6 Å². The Morgan fingerprint density at radius 2 is 1.18 bits per heavy atom. The molecule has 3 aliphatic heterocycles. The Balaban J connectivity index is 0.000000198. The molecule has 3 saturated heterocycles. The van der Waals surface area contributed by atoms with Gasteiger partial charge in [-0.05, 0) is 39.7 Å². The summed E-state index contributed by atoms with van der Waals surface area (Å²) in [6.45, 7) is 22.2. The minimum atomic E-state index is -2.47. The molecule has 0 atom stereocenters. The number of phenols is 1. The van der Waals surface area contributed by atoms with E-state index in [9.17, 15) is 24.5 Å². The van der Waals surface area contributed by atoms with Crippen LogP contribution in [-0.4, -0.2) is 80.4 Å². The average molecular weight is 636 g/mol. The topological polar surface area (TPSA) is 113 Å². The summed E-state index contributed by atoms with van der Waals surface area (Å²) in [5, 5.41) is 10.3. The number of hydrogen-bond donors (Lipinski definition) is 3. The zero-order valence-corrected chi connectivity index (χ0v) is 28.5. The van der Waals surface area contributed by atoms with Crippen LogP contribution in [0.1, 0.15) is 77.6 Å². The molecule has 4 aliphatic rings. The second-order valence-corrected chi connectivity index (χ2v) is 15.5. The molecule has 0 unspecified atom stereocenters. The zero-order chi connectivity index (χ0) is 33.1. The van der Waals surface area contributed by atoms with Gasteiger partial charge < -0.3 is 34.1 Å². The average Bonchev–Trinajstić information content (AvgIpc) is 3.78. The predicted octanol–water partition coefficient (Wildman–Crippen LogP) is 5.08. The maximum absolute atomic E-state index is 12.4. The normalized spacial score (nSPS) is 18.2. The second-order valence-electron chi connectivity index (χ2n) is 14.8. The van der Waals surface area contributed by atoms with E-state index in [0.717, 1.165) is 61.5 Å². The molecule has 2 aromatic carbocycles. The number of allylic oxidation sites excluding steroid dienone is 1. The molecule has 10 heteroatoms. The van der Waals surface area contributed by atoms with Gasteiger partial charge in [-0.25, -0.2) is 0 Å². The maximum Gasteiger partial charge on any atom is 0.391 e. The summed E-state index contributed by atoms with van der Waals surface area (Å²) in [6, 6.07) is 11.7. The van der Waals surface area contributed by atoms with E-state index in [2.05, 4.69) is 67.5 Å². The lowest BCUT2D eigenvalue weighted by Crippen LogP contribution is -2.29. The van der Waals surface area contributed by atoms with Crippen LogP contribution in [0.25, 0.3) is 0 Å². The second kappa shape index (κ2) is 11.8. The van der Waals surface area contributed by atoms with E-state index in [0.29, 0.717) is 28.6 Å². The number of phenolic OH excluding ortho intramolecular Hbond substituents is 1. The Hall–Kier alpha value is -3.39. The molecule has 0 saturated carbocycles. The van der Waals surface area contributed by atoms with Crippen LogP contribution in [0, 0.1) is 0 Å². The van der Waals surface area contributed by atoms with Crippen LogP contribution in [0.3, 0.4) is 0 Å². The van der Waals surface area contributed by atoms with Gasteiger partial charge in [0, 0.05) is 56.3 Å². The minimum absolute atomic E-state index is 0.00546. The lowest BCUT2D eigenvalue weighted by Gasteiger charge is -2.31. The number of benzene rings is 2. The van der Waals surface area contributed by atoms with Gasteiger partial charge in [0.05, 0.1) is 5.70 Å². The molecule has 0 bridgehead atoms. The molecule has 0 aromatic heterocycles. The molecule has 1 aliphatic carbocycles. The summed E-state index contributed by atoms with van der Waals surface area (Å²) in [7, 11) is -2.47. The van der Waals surface area contributed by atoms with Crippen molar-refractivity contribution in [1.29, 1.82) is 0 Å². The summed E-state index contributed by atoms with van der Waals surface area (Å²) >= 11 is 0. The molecule has 0 amide bonds. The van der Waals surface area contributed by atoms with Gasteiger partial charge in [-0.1, -0.05) is 79.7 Å². The highest BCUT2D eigenvalue weighted by atomic mass is 31.2. The quantitative estimate of drug-likeness (QED) is 0.218. The highest BCUT2D eigenvalue weighted by Gasteiger charge is 2.43. The van der Waals surface area contributed by atoms with E-state index < -0.39 is 8.60 Å². The zero-order valence-electron chi connectivity index (χ0n) is 27.6. The highest BCUT2D eigenvalue weighted by molar-refractivity contribution is 7.39. The SMILES string of the molecule is CC(C)(C)c1cc(C(C)(C)c2ccc(OP(O)O)c(C(C)(C)C)c2)ccc1O.O=C1C=C(N2CC2)C(=O)C(N2CC2)=C1N1CC1. The van der Waals surface area contributed by atoms with Crippen molar-refractivity contribution >= 4 is 20.2 Å². The van der Waals surface area contributed by atoms with E-state index in [1.165, 1.54) is 6.08 Å². The molecule has 6 rings (SSSR count). The number of hydrogen-bond acceptors (Lipinski definition) is 9. The van der Waals surface area contributed by atoms with Crippen molar-refractivity contribution in [2.75, 3.05) is 39.3 Å². The molecule has 242 valence electrons. The van der Waals surface area contributed by atoms with Crippen molar-refractivity contribution in [3.05, 3.63) is 81.8 Å². The summed E-state index contributed by atoms with van der Waals surface area (Å²) in [5.74, 6) is 0.849. The molecule has 0 spiro atoms. The number of carbonyl (C=O) groups excluding carboxylic acids is 2. The van der Waals surface area contributed by atoms with Crippen LogP contribution in [0.2, 0.25) is 0 Å². The van der Waals surface area contributed by atoms with Crippen molar-refractivity contribution in [3.8, 4) is 11.5 Å². The van der Waals surface area contributed by atoms with Crippen molar-refractivity contribution < 1.29 is 29.0 Å². The summed E-state index contributed by atoms with van der Waals surface area (Å²) in [5.41, 5.74) is 5.23. The maximum atomic E-state index is 12.4. The molecule has 3 N–H and O–H groups in total. The van der Waals surface area contributed by atoms with E-state index >= 15 is 0 Å². The molecular weight excluding hydrogens is 589 g/mol. The van der Waals surface area contributed by atoms with Crippen molar-refractivity contribution in [1.82, 2.24) is 14.7 Å². The van der Waals surface area contributed by atoms with E-state index in [4.69, 9.17) is 4.52 Å². The van der Waals surface area contributed by atoms with Gasteiger partial charge in [-0.3, -0.25) is 9.59 Å².